The van der Waals surface area contributed by atoms with E-state index in [9.17, 15) is 0 Å². The highest BCUT2D eigenvalue weighted by Gasteiger charge is 2.03. The fourth-order valence-corrected chi connectivity index (χ4v) is 2.02. The Morgan fingerprint density at radius 1 is 1.05 bits per heavy atom. The molecule has 1 heterocycles. The van der Waals surface area contributed by atoms with Crippen molar-refractivity contribution in [2.24, 2.45) is 7.05 Å². The van der Waals surface area contributed by atoms with Gasteiger partial charge in [0.05, 0.1) is 7.11 Å². The highest BCUT2D eigenvalue weighted by molar-refractivity contribution is 5.85. The van der Waals surface area contributed by atoms with Crippen LogP contribution in [0.5, 0.6) is 11.5 Å². The van der Waals surface area contributed by atoms with Crippen molar-refractivity contribution in [1.29, 1.82) is 0 Å². The SMILES string of the molecule is COc1ccc2ccc(OCc3ncnn3C)cc2c1. The van der Waals surface area contributed by atoms with E-state index in [0.717, 1.165) is 28.1 Å². The maximum Gasteiger partial charge on any atom is 0.164 e. The van der Waals surface area contributed by atoms with Gasteiger partial charge >= 0.3 is 0 Å². The van der Waals surface area contributed by atoms with Crippen molar-refractivity contribution >= 4 is 10.8 Å². The first-order valence-corrected chi connectivity index (χ1v) is 6.30. The van der Waals surface area contributed by atoms with Crippen LogP contribution >= 0.6 is 0 Å². The molecule has 3 rings (SSSR count). The summed E-state index contributed by atoms with van der Waals surface area (Å²) in [6, 6.07) is 11.9. The first-order valence-electron chi connectivity index (χ1n) is 6.30. The second-order valence-corrected chi connectivity index (χ2v) is 4.46. The van der Waals surface area contributed by atoms with Crippen molar-refractivity contribution in [3.05, 3.63) is 48.5 Å². The Kier molecular flexibility index (Phi) is 3.25. The molecule has 0 fully saturated rings. The quantitative estimate of drug-likeness (QED) is 0.730. The number of ether oxygens (including phenoxy) is 2. The first kappa shape index (κ1) is 12.5. The maximum absolute atomic E-state index is 5.75. The van der Waals surface area contributed by atoms with Crippen molar-refractivity contribution in [2.45, 2.75) is 6.61 Å². The molecule has 0 radical (unpaired) electrons. The minimum atomic E-state index is 0.395. The van der Waals surface area contributed by atoms with Gasteiger partial charge in [-0.1, -0.05) is 12.1 Å². The van der Waals surface area contributed by atoms with Gasteiger partial charge in [0, 0.05) is 7.05 Å². The van der Waals surface area contributed by atoms with E-state index in [-0.39, 0.29) is 0 Å². The minimum Gasteiger partial charge on any atom is -0.497 e. The molecular weight excluding hydrogens is 254 g/mol. The predicted molar refractivity (Wildman–Crippen MR) is 75.8 cm³/mol. The van der Waals surface area contributed by atoms with E-state index in [0.29, 0.717) is 6.61 Å². The third kappa shape index (κ3) is 2.42. The molecule has 2 aromatic carbocycles. The van der Waals surface area contributed by atoms with Crippen LogP contribution in [0.15, 0.2) is 42.7 Å². The first-order chi connectivity index (χ1) is 9.76. The summed E-state index contributed by atoms with van der Waals surface area (Å²) < 4.78 is 12.7. The number of rotatable bonds is 4. The van der Waals surface area contributed by atoms with Crippen molar-refractivity contribution < 1.29 is 9.47 Å². The maximum atomic E-state index is 5.75. The van der Waals surface area contributed by atoms with Crippen LogP contribution < -0.4 is 9.47 Å². The highest BCUT2D eigenvalue weighted by atomic mass is 16.5. The fourth-order valence-electron chi connectivity index (χ4n) is 2.02. The molecule has 0 aliphatic carbocycles. The topological polar surface area (TPSA) is 49.2 Å². The molecule has 102 valence electrons. The summed E-state index contributed by atoms with van der Waals surface area (Å²) in [7, 11) is 3.51. The second kappa shape index (κ2) is 5.21. The molecule has 5 nitrogen and oxygen atoms in total. The van der Waals surface area contributed by atoms with Crippen LogP contribution in [-0.4, -0.2) is 21.9 Å². The third-order valence-corrected chi connectivity index (χ3v) is 3.19. The standard InChI is InChI=1S/C15H15N3O2/c1-18-15(16-10-17-18)9-20-14-6-4-11-3-5-13(19-2)7-12(11)8-14/h3-8,10H,9H2,1-2H3. The fraction of sp³-hybridized carbons (Fsp3) is 0.200. The Balaban J connectivity index is 1.83. The number of nitrogens with zero attached hydrogens (tertiary/aromatic N) is 3. The smallest absolute Gasteiger partial charge is 0.164 e. The number of hydrogen-bond acceptors (Lipinski definition) is 4. The van der Waals surface area contributed by atoms with Crippen LogP contribution in [0.4, 0.5) is 0 Å². The van der Waals surface area contributed by atoms with Gasteiger partial charge in [-0.3, -0.25) is 4.68 Å². The normalized spacial score (nSPS) is 10.7. The molecule has 3 aromatic rings. The van der Waals surface area contributed by atoms with Gasteiger partial charge in [-0.05, 0) is 35.0 Å². The predicted octanol–water partition coefficient (Wildman–Crippen LogP) is 2.56. The van der Waals surface area contributed by atoms with Gasteiger partial charge in [0.15, 0.2) is 5.82 Å². The van der Waals surface area contributed by atoms with Crippen LogP contribution in [0.2, 0.25) is 0 Å². The Morgan fingerprint density at radius 2 is 1.80 bits per heavy atom. The van der Waals surface area contributed by atoms with Gasteiger partial charge in [0.25, 0.3) is 0 Å². The number of benzene rings is 2. The Bertz CT molecular complexity index is 737. The molecule has 0 amide bonds. The van der Waals surface area contributed by atoms with E-state index < -0.39 is 0 Å². The average Bonchev–Trinajstić information content (AvgIpc) is 2.89. The number of aryl methyl sites for hydroxylation is 1. The number of methoxy groups -OCH3 is 1. The van der Waals surface area contributed by atoms with Gasteiger partial charge in [0.1, 0.15) is 24.4 Å². The van der Waals surface area contributed by atoms with Gasteiger partial charge in [0.2, 0.25) is 0 Å². The van der Waals surface area contributed by atoms with Crippen molar-refractivity contribution in [3.8, 4) is 11.5 Å². The number of hydrogen-bond donors (Lipinski definition) is 0. The van der Waals surface area contributed by atoms with Crippen LogP contribution in [0.1, 0.15) is 5.82 Å². The van der Waals surface area contributed by atoms with Crippen LogP contribution in [-0.2, 0) is 13.7 Å². The molecule has 20 heavy (non-hydrogen) atoms. The molecule has 0 N–H and O–H groups in total. The van der Waals surface area contributed by atoms with Crippen LogP contribution in [0.3, 0.4) is 0 Å². The van der Waals surface area contributed by atoms with Crippen molar-refractivity contribution in [3.63, 3.8) is 0 Å². The molecule has 0 spiro atoms. The Hall–Kier alpha value is -2.56. The zero-order valence-electron chi connectivity index (χ0n) is 11.4. The summed E-state index contributed by atoms with van der Waals surface area (Å²) in [6.45, 7) is 0.395. The number of aromatic nitrogens is 3. The molecular formula is C15H15N3O2. The molecule has 0 aliphatic rings. The summed E-state index contributed by atoms with van der Waals surface area (Å²) in [5.41, 5.74) is 0. The van der Waals surface area contributed by atoms with Crippen LogP contribution in [0.25, 0.3) is 10.8 Å². The zero-order valence-corrected chi connectivity index (χ0v) is 11.4. The lowest BCUT2D eigenvalue weighted by Crippen LogP contribution is -2.04. The van der Waals surface area contributed by atoms with E-state index in [1.165, 1.54) is 6.33 Å². The lowest BCUT2D eigenvalue weighted by molar-refractivity contribution is 0.290. The molecule has 5 heteroatoms. The summed E-state index contributed by atoms with van der Waals surface area (Å²) in [5.74, 6) is 2.42. The van der Waals surface area contributed by atoms with E-state index in [2.05, 4.69) is 10.1 Å². The van der Waals surface area contributed by atoms with Gasteiger partial charge in [-0.25, -0.2) is 4.98 Å². The van der Waals surface area contributed by atoms with Gasteiger partial charge in [-0.15, -0.1) is 0 Å². The highest BCUT2D eigenvalue weighted by Crippen LogP contribution is 2.25. The Labute approximate surface area is 116 Å². The summed E-state index contributed by atoms with van der Waals surface area (Å²) in [5, 5.41) is 6.24. The second-order valence-electron chi connectivity index (χ2n) is 4.46. The molecule has 1 aromatic heterocycles. The van der Waals surface area contributed by atoms with Gasteiger partial charge in [-0.2, -0.15) is 5.10 Å². The minimum absolute atomic E-state index is 0.395. The molecule has 0 aliphatic heterocycles. The van der Waals surface area contributed by atoms with E-state index in [1.54, 1.807) is 11.8 Å². The summed E-state index contributed by atoms with van der Waals surface area (Å²) in [4.78, 5) is 4.13. The zero-order chi connectivity index (χ0) is 13.9. The molecule has 0 saturated heterocycles. The monoisotopic (exact) mass is 269 g/mol. The lowest BCUT2D eigenvalue weighted by Gasteiger charge is -2.07. The third-order valence-electron chi connectivity index (χ3n) is 3.19. The van der Waals surface area contributed by atoms with Crippen molar-refractivity contribution in [1.82, 2.24) is 14.8 Å². The molecule has 0 unspecified atom stereocenters. The summed E-state index contributed by atoms with van der Waals surface area (Å²) >= 11 is 0. The molecule has 0 bridgehead atoms. The molecule has 0 atom stereocenters. The Morgan fingerprint density at radius 3 is 2.50 bits per heavy atom. The van der Waals surface area contributed by atoms with E-state index in [1.807, 2.05) is 43.4 Å². The number of fused-ring (bicyclic) bond motifs is 1. The average molecular weight is 269 g/mol. The summed E-state index contributed by atoms with van der Waals surface area (Å²) in [6.07, 6.45) is 1.52. The van der Waals surface area contributed by atoms with Crippen molar-refractivity contribution in [2.75, 3.05) is 7.11 Å². The lowest BCUT2D eigenvalue weighted by atomic mass is 10.1. The van der Waals surface area contributed by atoms with E-state index in [4.69, 9.17) is 9.47 Å². The van der Waals surface area contributed by atoms with Crippen LogP contribution in [0, 0.1) is 0 Å². The van der Waals surface area contributed by atoms with E-state index >= 15 is 0 Å². The largest absolute Gasteiger partial charge is 0.497 e. The molecule has 0 saturated carbocycles. The van der Waals surface area contributed by atoms with Gasteiger partial charge < -0.3 is 9.47 Å².